The number of benzene rings is 1. The van der Waals surface area contributed by atoms with Crippen molar-refractivity contribution in [1.82, 2.24) is 9.97 Å². The maximum Gasteiger partial charge on any atom is 0.161 e. The van der Waals surface area contributed by atoms with Crippen LogP contribution in [0.4, 0.5) is 11.5 Å². The molecule has 6 nitrogen and oxygen atoms in total. The van der Waals surface area contributed by atoms with Gasteiger partial charge in [0, 0.05) is 23.2 Å². The van der Waals surface area contributed by atoms with Gasteiger partial charge in [0.1, 0.15) is 5.82 Å². The molecule has 0 aliphatic carbocycles. The number of morpholine rings is 1. The number of nitrogen functional groups attached to an aromatic ring is 1. The second-order valence-electron chi connectivity index (χ2n) is 7.05. The number of aromatic nitrogens is 2. The lowest BCUT2D eigenvalue weighted by atomic mass is 10.1. The Kier molecular flexibility index (Phi) is 3.60. The lowest BCUT2D eigenvalue weighted by Crippen LogP contribution is -2.47. The number of nitrogens with zero attached hydrogens (tertiary/aromatic N) is 3. The molecule has 0 amide bonds. The second kappa shape index (κ2) is 5.97. The fourth-order valence-corrected chi connectivity index (χ4v) is 4.16. The number of hydrogen-bond acceptors (Lipinski definition) is 6. The van der Waals surface area contributed by atoms with E-state index in [0.717, 1.165) is 60.4 Å². The van der Waals surface area contributed by atoms with E-state index in [0.29, 0.717) is 18.7 Å². The van der Waals surface area contributed by atoms with Crippen LogP contribution in [0.3, 0.4) is 0 Å². The summed E-state index contributed by atoms with van der Waals surface area (Å²) in [6, 6.07) is 8.62. The summed E-state index contributed by atoms with van der Waals surface area (Å²) in [5, 5.41) is 0. The van der Waals surface area contributed by atoms with Gasteiger partial charge in [0.25, 0.3) is 0 Å². The zero-order valence-corrected chi connectivity index (χ0v) is 14.1. The molecule has 2 fully saturated rings. The lowest BCUT2D eigenvalue weighted by molar-refractivity contribution is 0.0879. The van der Waals surface area contributed by atoms with Crippen molar-refractivity contribution >= 4 is 11.5 Å². The minimum Gasteiger partial charge on any atom is -0.399 e. The molecule has 0 saturated carbocycles. The molecule has 3 aliphatic heterocycles. The average Bonchev–Trinajstić information content (AvgIpc) is 2.89. The first-order chi connectivity index (χ1) is 12.3. The Morgan fingerprint density at radius 2 is 1.76 bits per heavy atom. The first-order valence-corrected chi connectivity index (χ1v) is 8.99. The van der Waals surface area contributed by atoms with Crippen LogP contribution in [0.1, 0.15) is 24.1 Å². The van der Waals surface area contributed by atoms with Crippen LogP contribution in [0.15, 0.2) is 24.3 Å². The van der Waals surface area contributed by atoms with Gasteiger partial charge >= 0.3 is 0 Å². The van der Waals surface area contributed by atoms with Gasteiger partial charge in [-0.3, -0.25) is 0 Å². The molecule has 0 spiro atoms. The Labute approximate surface area is 147 Å². The highest BCUT2D eigenvalue weighted by Gasteiger charge is 2.40. The van der Waals surface area contributed by atoms with Crippen molar-refractivity contribution in [2.75, 3.05) is 30.5 Å². The third kappa shape index (κ3) is 2.56. The minimum atomic E-state index is 0.416. The van der Waals surface area contributed by atoms with Gasteiger partial charge in [-0.1, -0.05) is 0 Å². The largest absolute Gasteiger partial charge is 0.399 e. The molecule has 1 aromatic carbocycles. The van der Waals surface area contributed by atoms with E-state index >= 15 is 0 Å². The number of nitrogens with two attached hydrogens (primary N) is 1. The van der Waals surface area contributed by atoms with Crippen molar-refractivity contribution in [3.63, 3.8) is 0 Å². The maximum atomic E-state index is 5.83. The van der Waals surface area contributed by atoms with Crippen LogP contribution in [0.5, 0.6) is 0 Å². The molecule has 2 unspecified atom stereocenters. The molecule has 4 heterocycles. The average molecular weight is 338 g/mol. The summed E-state index contributed by atoms with van der Waals surface area (Å²) in [7, 11) is 0. The molecule has 130 valence electrons. The number of hydrogen-bond donors (Lipinski definition) is 1. The Morgan fingerprint density at radius 3 is 2.52 bits per heavy atom. The van der Waals surface area contributed by atoms with E-state index in [1.54, 1.807) is 0 Å². The number of rotatable bonds is 2. The van der Waals surface area contributed by atoms with Gasteiger partial charge < -0.3 is 20.1 Å². The van der Waals surface area contributed by atoms with E-state index in [9.17, 15) is 0 Å². The third-order valence-corrected chi connectivity index (χ3v) is 5.45. The molecule has 2 N–H and O–H groups in total. The minimum absolute atomic E-state index is 0.416. The van der Waals surface area contributed by atoms with Crippen LogP contribution in [0, 0.1) is 0 Å². The summed E-state index contributed by atoms with van der Waals surface area (Å²) in [6.45, 7) is 2.89. The first-order valence-electron chi connectivity index (χ1n) is 8.99. The zero-order valence-electron chi connectivity index (χ0n) is 14.1. The van der Waals surface area contributed by atoms with Gasteiger partial charge in [0.2, 0.25) is 0 Å². The molecule has 25 heavy (non-hydrogen) atoms. The summed E-state index contributed by atoms with van der Waals surface area (Å²) in [4.78, 5) is 12.3. The van der Waals surface area contributed by atoms with E-state index in [2.05, 4.69) is 4.90 Å². The van der Waals surface area contributed by atoms with Gasteiger partial charge in [-0.2, -0.15) is 0 Å². The van der Waals surface area contributed by atoms with Crippen molar-refractivity contribution in [2.24, 2.45) is 0 Å². The van der Waals surface area contributed by atoms with Gasteiger partial charge in [0.05, 0.1) is 44.2 Å². The normalized spacial score (nSPS) is 25.0. The fourth-order valence-electron chi connectivity index (χ4n) is 4.16. The van der Waals surface area contributed by atoms with Gasteiger partial charge in [0.15, 0.2) is 5.82 Å². The quantitative estimate of drug-likeness (QED) is 0.846. The molecule has 2 aromatic rings. The van der Waals surface area contributed by atoms with Gasteiger partial charge in [-0.05, 0) is 37.1 Å². The van der Waals surface area contributed by atoms with Crippen LogP contribution in [-0.4, -0.2) is 41.9 Å². The molecule has 2 atom stereocenters. The Balaban J connectivity index is 1.64. The third-order valence-electron chi connectivity index (χ3n) is 5.45. The topological polar surface area (TPSA) is 73.5 Å². The molecular formula is C19H22N4O2. The van der Waals surface area contributed by atoms with E-state index in [4.69, 9.17) is 25.2 Å². The monoisotopic (exact) mass is 338 g/mol. The second-order valence-corrected chi connectivity index (χ2v) is 7.05. The summed E-state index contributed by atoms with van der Waals surface area (Å²) >= 11 is 0. The van der Waals surface area contributed by atoms with Crippen LogP contribution < -0.4 is 10.6 Å². The standard InChI is InChI=1S/C19H22N4O2/c20-13-3-1-12(2-4-13)18-21-17-7-8-24-11-16(17)19(22-18)23-14-5-6-15(23)10-25-9-14/h1-4,14-15H,5-11,20H2. The van der Waals surface area contributed by atoms with Crippen molar-refractivity contribution in [2.45, 2.75) is 38.0 Å². The Morgan fingerprint density at radius 1 is 1.00 bits per heavy atom. The summed E-state index contributed by atoms with van der Waals surface area (Å²) in [6.07, 6.45) is 3.18. The highest BCUT2D eigenvalue weighted by Crippen LogP contribution is 2.37. The maximum absolute atomic E-state index is 5.83. The van der Waals surface area contributed by atoms with Gasteiger partial charge in [-0.15, -0.1) is 0 Å². The van der Waals surface area contributed by atoms with Crippen LogP contribution in [-0.2, 0) is 22.5 Å². The van der Waals surface area contributed by atoms with E-state index in [-0.39, 0.29) is 0 Å². The molecule has 5 rings (SSSR count). The van der Waals surface area contributed by atoms with Crippen molar-refractivity contribution in [1.29, 1.82) is 0 Å². The van der Waals surface area contributed by atoms with Gasteiger partial charge in [-0.25, -0.2) is 9.97 Å². The summed E-state index contributed by atoms with van der Waals surface area (Å²) < 4.78 is 11.5. The predicted octanol–water partition coefficient (Wildman–Crippen LogP) is 2.17. The SMILES string of the molecule is Nc1ccc(-c2nc3c(c(N4C5CCC4COC5)n2)COCC3)cc1. The van der Waals surface area contributed by atoms with E-state index in [1.165, 1.54) is 12.8 Å². The smallest absolute Gasteiger partial charge is 0.161 e. The van der Waals surface area contributed by atoms with E-state index < -0.39 is 0 Å². The molecular weight excluding hydrogens is 316 g/mol. The molecule has 1 aromatic heterocycles. The molecule has 6 heteroatoms. The molecule has 2 bridgehead atoms. The molecule has 3 aliphatic rings. The molecule has 0 radical (unpaired) electrons. The van der Waals surface area contributed by atoms with E-state index in [1.807, 2.05) is 24.3 Å². The predicted molar refractivity (Wildman–Crippen MR) is 95.3 cm³/mol. The van der Waals surface area contributed by atoms with Crippen molar-refractivity contribution in [3.8, 4) is 11.4 Å². The van der Waals surface area contributed by atoms with Crippen LogP contribution in [0.2, 0.25) is 0 Å². The van der Waals surface area contributed by atoms with Crippen LogP contribution >= 0.6 is 0 Å². The van der Waals surface area contributed by atoms with Crippen molar-refractivity contribution in [3.05, 3.63) is 35.5 Å². The lowest BCUT2D eigenvalue weighted by Gasteiger charge is -2.37. The summed E-state index contributed by atoms with van der Waals surface area (Å²) in [5.41, 5.74) is 9.86. The first kappa shape index (κ1) is 15.1. The van der Waals surface area contributed by atoms with Crippen molar-refractivity contribution < 1.29 is 9.47 Å². The number of fused-ring (bicyclic) bond motifs is 3. The number of anilines is 2. The fraction of sp³-hybridized carbons (Fsp3) is 0.474. The molecule has 2 saturated heterocycles. The zero-order chi connectivity index (χ0) is 16.8. The Bertz CT molecular complexity index is 777. The summed E-state index contributed by atoms with van der Waals surface area (Å²) in [5.74, 6) is 1.83. The Hall–Kier alpha value is -2.18. The van der Waals surface area contributed by atoms with Crippen LogP contribution in [0.25, 0.3) is 11.4 Å². The number of ether oxygens (including phenoxy) is 2. The highest BCUT2D eigenvalue weighted by molar-refractivity contribution is 5.63. The highest BCUT2D eigenvalue weighted by atomic mass is 16.5.